The summed E-state index contributed by atoms with van der Waals surface area (Å²) in [7, 11) is 0. The molecule has 0 bridgehead atoms. The number of aliphatic hydroxyl groups is 1. The van der Waals surface area contributed by atoms with Gasteiger partial charge in [-0.1, -0.05) is 18.5 Å². The molecule has 2 rings (SSSR count). The van der Waals surface area contributed by atoms with Gasteiger partial charge in [-0.25, -0.2) is 4.39 Å². The molecule has 1 heterocycles. The fourth-order valence-electron chi connectivity index (χ4n) is 2.58. The van der Waals surface area contributed by atoms with E-state index in [1.54, 1.807) is 0 Å². The van der Waals surface area contributed by atoms with Gasteiger partial charge in [0.2, 0.25) is 0 Å². The fourth-order valence-corrected chi connectivity index (χ4v) is 2.80. The Morgan fingerprint density at radius 3 is 3.05 bits per heavy atom. The Labute approximate surface area is 124 Å². The predicted octanol–water partition coefficient (Wildman–Crippen LogP) is 2.95. The van der Waals surface area contributed by atoms with Gasteiger partial charge in [0.25, 0.3) is 0 Å². The van der Waals surface area contributed by atoms with Crippen LogP contribution in [-0.2, 0) is 0 Å². The number of hydrogen-bond acceptors (Lipinski definition) is 3. The lowest BCUT2D eigenvalue weighted by molar-refractivity contribution is 0.0537. The van der Waals surface area contributed by atoms with Crippen molar-refractivity contribution >= 4 is 11.6 Å². The third-order valence-corrected chi connectivity index (χ3v) is 3.83. The molecule has 1 aromatic carbocycles. The van der Waals surface area contributed by atoms with Gasteiger partial charge in [-0.2, -0.15) is 0 Å². The maximum Gasteiger partial charge on any atom is 0.138 e. The molecule has 1 aliphatic rings. The summed E-state index contributed by atoms with van der Waals surface area (Å²) in [6.07, 6.45) is 1.87. The average molecular weight is 302 g/mol. The molecule has 0 amide bonds. The molecule has 0 aromatic heterocycles. The molecule has 0 spiro atoms. The van der Waals surface area contributed by atoms with Crippen molar-refractivity contribution < 1.29 is 14.2 Å². The van der Waals surface area contributed by atoms with Gasteiger partial charge in [0.1, 0.15) is 24.3 Å². The number of halogens is 2. The summed E-state index contributed by atoms with van der Waals surface area (Å²) < 4.78 is 18.3. The molecule has 5 heteroatoms. The molecule has 20 heavy (non-hydrogen) atoms. The van der Waals surface area contributed by atoms with Gasteiger partial charge in [-0.15, -0.1) is 0 Å². The van der Waals surface area contributed by atoms with Crippen LogP contribution in [0.25, 0.3) is 0 Å². The Hall–Kier alpha value is -0.840. The van der Waals surface area contributed by atoms with Crippen molar-refractivity contribution in [2.24, 2.45) is 5.92 Å². The Bertz CT molecular complexity index is 444. The summed E-state index contributed by atoms with van der Waals surface area (Å²) in [6, 6.07) is 3.98. The lowest BCUT2D eigenvalue weighted by Gasteiger charge is -2.32. The molecule has 1 aliphatic heterocycles. The van der Waals surface area contributed by atoms with E-state index in [0.717, 1.165) is 13.1 Å². The van der Waals surface area contributed by atoms with Gasteiger partial charge in [0.15, 0.2) is 0 Å². The molecular formula is C15H21ClFNO2. The monoisotopic (exact) mass is 301 g/mol. The second kappa shape index (κ2) is 7.25. The molecule has 0 saturated carbocycles. The highest BCUT2D eigenvalue weighted by Gasteiger charge is 2.19. The first-order valence-corrected chi connectivity index (χ1v) is 7.40. The highest BCUT2D eigenvalue weighted by Crippen LogP contribution is 2.25. The zero-order valence-corrected chi connectivity index (χ0v) is 12.4. The number of ether oxygens (including phenoxy) is 1. The molecule has 1 aromatic rings. The van der Waals surface area contributed by atoms with Crippen LogP contribution in [0.4, 0.5) is 4.39 Å². The minimum absolute atomic E-state index is 0.163. The summed E-state index contributed by atoms with van der Waals surface area (Å²) in [5, 5.41) is 10.2. The third-order valence-electron chi connectivity index (χ3n) is 3.54. The first-order chi connectivity index (χ1) is 9.54. The minimum Gasteiger partial charge on any atom is -0.489 e. The number of piperidine rings is 1. The molecule has 1 saturated heterocycles. The first kappa shape index (κ1) is 15.5. The van der Waals surface area contributed by atoms with E-state index >= 15 is 0 Å². The lowest BCUT2D eigenvalue weighted by Crippen LogP contribution is -2.41. The Morgan fingerprint density at radius 1 is 1.55 bits per heavy atom. The van der Waals surface area contributed by atoms with E-state index in [2.05, 4.69) is 11.8 Å². The van der Waals surface area contributed by atoms with Crippen LogP contribution in [0.3, 0.4) is 0 Å². The Kier molecular flexibility index (Phi) is 5.64. The predicted molar refractivity (Wildman–Crippen MR) is 77.7 cm³/mol. The van der Waals surface area contributed by atoms with Crippen molar-refractivity contribution in [2.75, 3.05) is 26.2 Å². The molecule has 112 valence electrons. The van der Waals surface area contributed by atoms with Crippen LogP contribution in [0.5, 0.6) is 5.75 Å². The fraction of sp³-hybridized carbons (Fsp3) is 0.600. The van der Waals surface area contributed by atoms with E-state index in [9.17, 15) is 9.50 Å². The second-order valence-corrected chi connectivity index (χ2v) is 5.95. The van der Waals surface area contributed by atoms with E-state index in [1.807, 2.05) is 0 Å². The molecule has 1 N–H and O–H groups in total. The highest BCUT2D eigenvalue weighted by molar-refractivity contribution is 6.32. The summed E-state index contributed by atoms with van der Waals surface area (Å²) in [4.78, 5) is 2.26. The topological polar surface area (TPSA) is 32.7 Å². The minimum atomic E-state index is -0.568. The number of nitrogens with zero attached hydrogens (tertiary/aromatic N) is 1. The maximum atomic E-state index is 12.9. The normalized spacial score (nSPS) is 21.7. The molecule has 0 unspecified atom stereocenters. The smallest absolute Gasteiger partial charge is 0.138 e. The standard InChI is InChI=1S/C15H21ClFNO2/c1-11-3-2-6-18(8-11)9-13(19)10-20-15-5-4-12(17)7-14(15)16/h4-5,7,11,13,19H,2-3,6,8-10H2,1H3/t11-,13+/m1/s1. The quantitative estimate of drug-likeness (QED) is 0.907. The molecule has 2 atom stereocenters. The van der Waals surface area contributed by atoms with Crippen molar-refractivity contribution in [1.82, 2.24) is 4.90 Å². The van der Waals surface area contributed by atoms with E-state index < -0.39 is 11.9 Å². The Balaban J connectivity index is 1.78. The van der Waals surface area contributed by atoms with E-state index in [1.165, 1.54) is 31.0 Å². The molecule has 0 aliphatic carbocycles. The van der Waals surface area contributed by atoms with Crippen molar-refractivity contribution in [1.29, 1.82) is 0 Å². The number of likely N-dealkylation sites (tertiary alicyclic amines) is 1. The van der Waals surface area contributed by atoms with E-state index in [0.29, 0.717) is 18.2 Å². The van der Waals surface area contributed by atoms with Crippen LogP contribution in [-0.4, -0.2) is 42.4 Å². The number of benzene rings is 1. The van der Waals surface area contributed by atoms with Crippen molar-refractivity contribution in [3.05, 3.63) is 29.0 Å². The van der Waals surface area contributed by atoms with Crippen molar-refractivity contribution in [3.8, 4) is 5.75 Å². The summed E-state index contributed by atoms with van der Waals surface area (Å²) in [5.74, 6) is 0.688. The molecule has 3 nitrogen and oxygen atoms in total. The number of rotatable bonds is 5. The van der Waals surface area contributed by atoms with Gasteiger partial charge in [0.05, 0.1) is 5.02 Å². The zero-order valence-electron chi connectivity index (χ0n) is 11.7. The number of β-amino-alcohol motifs (C(OH)–C–C–N with tert-alkyl or cyclic N) is 1. The SMILES string of the molecule is C[C@@H]1CCCN(C[C@H](O)COc2ccc(F)cc2Cl)C1. The van der Waals surface area contributed by atoms with Crippen molar-refractivity contribution in [3.63, 3.8) is 0 Å². The van der Waals surface area contributed by atoms with Crippen LogP contribution in [0.15, 0.2) is 18.2 Å². The maximum absolute atomic E-state index is 12.9. The van der Waals surface area contributed by atoms with E-state index in [-0.39, 0.29) is 11.6 Å². The van der Waals surface area contributed by atoms with Gasteiger partial charge >= 0.3 is 0 Å². The molecule has 0 radical (unpaired) electrons. The van der Waals surface area contributed by atoms with Gasteiger partial charge in [-0.05, 0) is 43.5 Å². The summed E-state index contributed by atoms with van der Waals surface area (Å²) in [5.41, 5.74) is 0. The van der Waals surface area contributed by atoms with Crippen LogP contribution in [0, 0.1) is 11.7 Å². The molecular weight excluding hydrogens is 281 g/mol. The lowest BCUT2D eigenvalue weighted by atomic mass is 10.0. The number of hydrogen-bond donors (Lipinski definition) is 1. The van der Waals surface area contributed by atoms with Crippen LogP contribution < -0.4 is 4.74 Å². The molecule has 1 fully saturated rings. The Morgan fingerprint density at radius 2 is 2.35 bits per heavy atom. The van der Waals surface area contributed by atoms with Gasteiger partial charge < -0.3 is 14.7 Å². The van der Waals surface area contributed by atoms with Crippen LogP contribution in [0.1, 0.15) is 19.8 Å². The third kappa shape index (κ3) is 4.62. The average Bonchev–Trinajstić information content (AvgIpc) is 2.37. The van der Waals surface area contributed by atoms with Crippen molar-refractivity contribution in [2.45, 2.75) is 25.9 Å². The van der Waals surface area contributed by atoms with Crippen LogP contribution >= 0.6 is 11.6 Å². The second-order valence-electron chi connectivity index (χ2n) is 5.55. The van der Waals surface area contributed by atoms with Crippen LogP contribution in [0.2, 0.25) is 5.02 Å². The zero-order chi connectivity index (χ0) is 14.5. The van der Waals surface area contributed by atoms with Gasteiger partial charge in [0, 0.05) is 13.1 Å². The van der Waals surface area contributed by atoms with E-state index in [4.69, 9.17) is 16.3 Å². The number of aliphatic hydroxyl groups excluding tert-OH is 1. The highest BCUT2D eigenvalue weighted by atomic mass is 35.5. The summed E-state index contributed by atoms with van der Waals surface area (Å²) >= 11 is 5.87. The summed E-state index contributed by atoms with van der Waals surface area (Å²) in [6.45, 7) is 5.04. The largest absolute Gasteiger partial charge is 0.489 e. The first-order valence-electron chi connectivity index (χ1n) is 7.03. The van der Waals surface area contributed by atoms with Gasteiger partial charge in [-0.3, -0.25) is 0 Å².